The number of carboxylic acid groups (broad SMARTS) is 1. The minimum atomic E-state index is -0.887. The maximum Gasteiger partial charge on any atom is 0.408 e. The number of nitrogens with zero attached hydrogens (tertiary/aromatic N) is 1. The summed E-state index contributed by atoms with van der Waals surface area (Å²) in [4.78, 5) is 26.4. The Morgan fingerprint density at radius 1 is 1.26 bits per heavy atom. The normalized spacial score (nSPS) is 28.0. The molecule has 1 saturated heterocycles. The van der Waals surface area contributed by atoms with Gasteiger partial charge in [-0.25, -0.2) is 4.79 Å². The highest BCUT2D eigenvalue weighted by Gasteiger charge is 2.49. The van der Waals surface area contributed by atoms with Crippen LogP contribution in [0.1, 0.15) is 52.0 Å². The molecule has 1 heterocycles. The summed E-state index contributed by atoms with van der Waals surface area (Å²) in [5.41, 5.74) is -0.0942. The van der Waals surface area contributed by atoms with E-state index in [1.165, 1.54) is 5.56 Å². The summed E-state index contributed by atoms with van der Waals surface area (Å²) in [5, 5.41) is 12.4. The zero-order valence-corrected chi connectivity index (χ0v) is 16.4. The van der Waals surface area contributed by atoms with Gasteiger partial charge in [0.2, 0.25) is 0 Å². The van der Waals surface area contributed by atoms with Crippen molar-refractivity contribution in [3.05, 3.63) is 35.9 Å². The Bertz CT molecular complexity index is 685. The molecule has 0 spiro atoms. The number of carbonyl (C=O) groups excluding carboxylic acids is 1. The number of amides is 1. The van der Waals surface area contributed by atoms with Gasteiger partial charge in [0.25, 0.3) is 0 Å². The molecule has 6 nitrogen and oxygen atoms in total. The molecule has 1 aliphatic heterocycles. The highest BCUT2D eigenvalue weighted by Crippen LogP contribution is 2.43. The van der Waals surface area contributed by atoms with Gasteiger partial charge in [-0.1, -0.05) is 30.3 Å². The topological polar surface area (TPSA) is 78.9 Å². The van der Waals surface area contributed by atoms with Crippen LogP contribution in [-0.2, 0) is 16.1 Å². The second-order valence-corrected chi connectivity index (χ2v) is 9.06. The van der Waals surface area contributed by atoms with Crippen molar-refractivity contribution < 1.29 is 19.4 Å². The first-order chi connectivity index (χ1) is 12.6. The fraction of sp³-hybridized carbons (Fsp3) is 0.619. The highest BCUT2D eigenvalue weighted by atomic mass is 16.6. The molecule has 1 aromatic rings. The summed E-state index contributed by atoms with van der Waals surface area (Å²) in [5.74, 6) is -0.497. The van der Waals surface area contributed by atoms with E-state index in [0.717, 1.165) is 19.5 Å². The van der Waals surface area contributed by atoms with E-state index in [4.69, 9.17) is 4.74 Å². The van der Waals surface area contributed by atoms with Crippen LogP contribution in [-0.4, -0.2) is 45.8 Å². The van der Waals surface area contributed by atoms with Gasteiger partial charge in [0.05, 0.1) is 12.0 Å². The maximum absolute atomic E-state index is 12.4. The van der Waals surface area contributed by atoms with Gasteiger partial charge < -0.3 is 15.2 Å². The lowest BCUT2D eigenvalue weighted by molar-refractivity contribution is -0.139. The molecular weight excluding hydrogens is 344 g/mol. The van der Waals surface area contributed by atoms with Crippen LogP contribution in [0, 0.1) is 5.92 Å². The summed E-state index contributed by atoms with van der Waals surface area (Å²) in [6.45, 7) is 7.22. The summed E-state index contributed by atoms with van der Waals surface area (Å²) in [6.07, 6.45) is 1.78. The van der Waals surface area contributed by atoms with Crippen LogP contribution in [0.15, 0.2) is 30.3 Å². The summed E-state index contributed by atoms with van der Waals surface area (Å²) in [6, 6.07) is 10.6. The first-order valence-corrected chi connectivity index (χ1v) is 9.65. The highest BCUT2D eigenvalue weighted by molar-refractivity contribution is 5.73. The van der Waals surface area contributed by atoms with Crippen molar-refractivity contribution in [2.45, 2.75) is 70.2 Å². The van der Waals surface area contributed by atoms with Crippen LogP contribution in [0.3, 0.4) is 0 Å². The monoisotopic (exact) mass is 374 g/mol. The van der Waals surface area contributed by atoms with E-state index in [1.54, 1.807) is 0 Å². The third-order valence-corrected chi connectivity index (χ3v) is 5.40. The Hall–Kier alpha value is -2.08. The number of ether oxygens (including phenoxy) is 1. The van der Waals surface area contributed by atoms with Crippen LogP contribution in [0.2, 0.25) is 0 Å². The van der Waals surface area contributed by atoms with Crippen molar-refractivity contribution in [1.29, 1.82) is 0 Å². The van der Waals surface area contributed by atoms with Crippen molar-refractivity contribution in [2.24, 2.45) is 5.92 Å². The number of hydrogen-bond donors (Lipinski definition) is 2. The molecule has 1 amide bonds. The van der Waals surface area contributed by atoms with Crippen LogP contribution in [0.5, 0.6) is 0 Å². The molecule has 0 aromatic heterocycles. The van der Waals surface area contributed by atoms with Gasteiger partial charge in [-0.2, -0.15) is 0 Å². The van der Waals surface area contributed by atoms with Gasteiger partial charge in [-0.05, 0) is 51.5 Å². The molecule has 2 aliphatic rings. The Kier molecular flexibility index (Phi) is 5.47. The predicted octanol–water partition coefficient (Wildman–Crippen LogP) is 3.41. The molecule has 6 heteroatoms. The molecule has 2 fully saturated rings. The van der Waals surface area contributed by atoms with Crippen molar-refractivity contribution in [2.75, 3.05) is 6.54 Å². The number of aliphatic carboxylic acids is 1. The molecule has 1 saturated carbocycles. The Morgan fingerprint density at radius 3 is 2.59 bits per heavy atom. The van der Waals surface area contributed by atoms with E-state index >= 15 is 0 Å². The minimum Gasteiger partial charge on any atom is -0.481 e. The number of rotatable bonds is 5. The molecule has 1 aliphatic carbocycles. The Balaban J connectivity index is 1.73. The van der Waals surface area contributed by atoms with Gasteiger partial charge in [0.15, 0.2) is 0 Å². The van der Waals surface area contributed by atoms with Crippen molar-refractivity contribution in [1.82, 2.24) is 10.2 Å². The smallest absolute Gasteiger partial charge is 0.408 e. The van der Waals surface area contributed by atoms with Crippen LogP contribution in [0.4, 0.5) is 4.79 Å². The third-order valence-electron chi connectivity index (χ3n) is 5.40. The quantitative estimate of drug-likeness (QED) is 0.826. The SMILES string of the molecule is CC(C)(C)OC(=O)NC1(CC(=O)O)CC2CC(C1)N(Cc1ccccc1)C2. The van der Waals surface area contributed by atoms with E-state index in [2.05, 4.69) is 22.3 Å². The predicted molar refractivity (Wildman–Crippen MR) is 102 cm³/mol. The number of fused-ring (bicyclic) bond motifs is 2. The third kappa shape index (κ3) is 5.22. The maximum atomic E-state index is 12.4. The number of hydrogen-bond acceptors (Lipinski definition) is 4. The molecule has 3 atom stereocenters. The molecule has 148 valence electrons. The Morgan fingerprint density at radius 2 is 1.96 bits per heavy atom. The molecule has 3 unspecified atom stereocenters. The lowest BCUT2D eigenvalue weighted by atomic mass is 9.74. The number of carbonyl (C=O) groups is 2. The summed E-state index contributed by atoms with van der Waals surface area (Å²) < 4.78 is 5.40. The number of alkyl carbamates (subject to hydrolysis) is 1. The first kappa shape index (κ1) is 19.7. The second-order valence-electron chi connectivity index (χ2n) is 9.06. The number of benzene rings is 1. The zero-order chi connectivity index (χ0) is 19.7. The lowest BCUT2D eigenvalue weighted by Crippen LogP contribution is -2.55. The fourth-order valence-corrected chi connectivity index (χ4v) is 4.65. The summed E-state index contributed by atoms with van der Waals surface area (Å²) in [7, 11) is 0. The number of likely N-dealkylation sites (tertiary alicyclic amines) is 1. The van der Waals surface area contributed by atoms with Crippen molar-refractivity contribution in [3.63, 3.8) is 0 Å². The second kappa shape index (κ2) is 7.50. The molecule has 2 N–H and O–H groups in total. The van der Waals surface area contributed by atoms with Crippen molar-refractivity contribution >= 4 is 12.1 Å². The van der Waals surface area contributed by atoms with E-state index < -0.39 is 23.2 Å². The average Bonchev–Trinajstić information content (AvgIpc) is 2.79. The van der Waals surface area contributed by atoms with Gasteiger partial charge in [0, 0.05) is 19.1 Å². The number of nitrogens with one attached hydrogen (secondary N) is 1. The van der Waals surface area contributed by atoms with Gasteiger partial charge in [0.1, 0.15) is 5.60 Å². The Labute approximate surface area is 160 Å². The molecule has 3 rings (SSSR count). The fourth-order valence-electron chi connectivity index (χ4n) is 4.65. The average molecular weight is 374 g/mol. The van der Waals surface area contributed by atoms with Crippen molar-refractivity contribution in [3.8, 4) is 0 Å². The molecule has 27 heavy (non-hydrogen) atoms. The van der Waals surface area contributed by atoms with Gasteiger partial charge in [-0.3, -0.25) is 9.69 Å². The van der Waals surface area contributed by atoms with Crippen LogP contribution >= 0.6 is 0 Å². The van der Waals surface area contributed by atoms with Gasteiger partial charge >= 0.3 is 12.1 Å². The summed E-state index contributed by atoms with van der Waals surface area (Å²) >= 11 is 0. The van der Waals surface area contributed by atoms with Crippen LogP contribution < -0.4 is 5.32 Å². The standard InChI is InChI=1S/C21H30N2O4/c1-20(2,3)27-19(26)22-21(12-18(24)25)10-16-9-17(11-21)23(14-16)13-15-7-5-4-6-8-15/h4-8,16-17H,9-14H2,1-3H3,(H,22,26)(H,24,25). The van der Waals surface area contributed by atoms with Crippen LogP contribution in [0.25, 0.3) is 0 Å². The first-order valence-electron chi connectivity index (χ1n) is 9.65. The molecule has 2 bridgehead atoms. The van der Waals surface area contributed by atoms with E-state index in [-0.39, 0.29) is 12.5 Å². The zero-order valence-electron chi connectivity index (χ0n) is 16.4. The largest absolute Gasteiger partial charge is 0.481 e. The molecular formula is C21H30N2O4. The molecule has 0 radical (unpaired) electrons. The van der Waals surface area contributed by atoms with Gasteiger partial charge in [-0.15, -0.1) is 0 Å². The van der Waals surface area contributed by atoms with E-state index in [0.29, 0.717) is 18.8 Å². The van der Waals surface area contributed by atoms with E-state index in [1.807, 2.05) is 39.0 Å². The number of carboxylic acids is 1. The molecule has 1 aromatic carbocycles. The lowest BCUT2D eigenvalue weighted by Gasteiger charge is -2.41. The minimum absolute atomic E-state index is 0.0710. The van der Waals surface area contributed by atoms with E-state index in [9.17, 15) is 14.7 Å².